The van der Waals surface area contributed by atoms with Crippen LogP contribution in [0.4, 0.5) is 5.69 Å². The molecule has 1 heterocycles. The number of nitrogens with two attached hydrogens (primary N) is 1. The number of amides is 2. The van der Waals surface area contributed by atoms with Gasteiger partial charge in [0.25, 0.3) is 0 Å². The van der Waals surface area contributed by atoms with Crippen molar-refractivity contribution in [3.8, 4) is 5.69 Å². The Hall–Kier alpha value is -2.52. The summed E-state index contributed by atoms with van der Waals surface area (Å²) in [6.07, 6.45) is 2.10. The zero-order valence-electron chi connectivity index (χ0n) is 15.1. The number of nitrogens with one attached hydrogen (secondary N) is 2. The lowest BCUT2D eigenvalue weighted by atomic mass is 10.1. The Morgan fingerprint density at radius 2 is 2.11 bits per heavy atom. The van der Waals surface area contributed by atoms with Crippen molar-refractivity contribution in [1.82, 2.24) is 25.5 Å². The van der Waals surface area contributed by atoms with Crippen LogP contribution in [0.1, 0.15) is 38.4 Å². The van der Waals surface area contributed by atoms with E-state index < -0.39 is 6.04 Å². The van der Waals surface area contributed by atoms with E-state index in [4.69, 9.17) is 17.3 Å². The summed E-state index contributed by atoms with van der Waals surface area (Å²) in [6.45, 7) is 3.51. The molecule has 0 spiro atoms. The second-order valence-corrected chi connectivity index (χ2v) is 7.33. The van der Waals surface area contributed by atoms with Gasteiger partial charge in [0, 0.05) is 11.6 Å². The summed E-state index contributed by atoms with van der Waals surface area (Å²) >= 11 is 6.29. The van der Waals surface area contributed by atoms with E-state index in [-0.39, 0.29) is 24.3 Å². The Balaban J connectivity index is 1.66. The van der Waals surface area contributed by atoms with Crippen LogP contribution < -0.4 is 16.4 Å². The van der Waals surface area contributed by atoms with E-state index in [1.807, 2.05) is 13.8 Å². The van der Waals surface area contributed by atoms with E-state index in [0.717, 1.165) is 18.7 Å². The van der Waals surface area contributed by atoms with Crippen LogP contribution in [0.3, 0.4) is 0 Å². The maximum Gasteiger partial charge on any atom is 0.243 e. The average molecular weight is 392 g/mol. The molecule has 1 aromatic carbocycles. The molecule has 0 aliphatic heterocycles. The van der Waals surface area contributed by atoms with Crippen molar-refractivity contribution in [2.24, 2.45) is 11.7 Å². The van der Waals surface area contributed by atoms with Crippen LogP contribution in [0.15, 0.2) is 18.2 Å². The molecular weight excluding hydrogens is 370 g/mol. The molecular formula is C17H22ClN7O2. The number of anilines is 1. The molecule has 27 heavy (non-hydrogen) atoms. The van der Waals surface area contributed by atoms with E-state index >= 15 is 0 Å². The van der Waals surface area contributed by atoms with Gasteiger partial charge >= 0.3 is 0 Å². The molecule has 2 amide bonds. The van der Waals surface area contributed by atoms with Crippen molar-refractivity contribution in [2.45, 2.75) is 38.6 Å². The predicted molar refractivity (Wildman–Crippen MR) is 101 cm³/mol. The number of aromatic nitrogens is 4. The first-order valence-corrected chi connectivity index (χ1v) is 9.16. The number of hydrogen-bond donors (Lipinski definition) is 3. The monoisotopic (exact) mass is 391 g/mol. The Morgan fingerprint density at radius 3 is 2.78 bits per heavy atom. The molecule has 4 N–H and O–H groups in total. The second-order valence-electron chi connectivity index (χ2n) is 6.93. The SMILES string of the molecule is CC(C)[C@H](N)C(=O)NCC(=O)Nc1ccc(Cl)c(-n2nnnc2C2CC2)c1. The van der Waals surface area contributed by atoms with Gasteiger partial charge in [-0.3, -0.25) is 9.59 Å². The van der Waals surface area contributed by atoms with Crippen LogP contribution in [-0.4, -0.2) is 44.6 Å². The minimum atomic E-state index is -0.652. The largest absolute Gasteiger partial charge is 0.346 e. The Bertz CT molecular complexity index is 848. The molecule has 1 atom stereocenters. The van der Waals surface area contributed by atoms with Crippen LogP contribution in [-0.2, 0) is 9.59 Å². The topological polar surface area (TPSA) is 128 Å². The third-order valence-corrected chi connectivity index (χ3v) is 4.66. The Labute approximate surface area is 161 Å². The number of hydrogen-bond acceptors (Lipinski definition) is 6. The summed E-state index contributed by atoms with van der Waals surface area (Å²) in [5.74, 6) is 0.361. The van der Waals surface area contributed by atoms with Gasteiger partial charge in [0.2, 0.25) is 11.8 Å². The summed E-state index contributed by atoms with van der Waals surface area (Å²) < 4.78 is 1.60. The highest BCUT2D eigenvalue weighted by molar-refractivity contribution is 6.32. The number of nitrogens with zero attached hydrogens (tertiary/aromatic N) is 4. The predicted octanol–water partition coefficient (Wildman–Crippen LogP) is 1.23. The van der Waals surface area contributed by atoms with Gasteiger partial charge in [0.1, 0.15) is 0 Å². The summed E-state index contributed by atoms with van der Waals surface area (Å²) in [7, 11) is 0. The lowest BCUT2D eigenvalue weighted by Gasteiger charge is -2.15. The van der Waals surface area contributed by atoms with Gasteiger partial charge in [-0.15, -0.1) is 5.10 Å². The molecule has 1 aromatic heterocycles. The lowest BCUT2D eigenvalue weighted by molar-refractivity contribution is -0.125. The van der Waals surface area contributed by atoms with Crippen molar-refractivity contribution < 1.29 is 9.59 Å². The van der Waals surface area contributed by atoms with Crippen LogP contribution in [0.5, 0.6) is 0 Å². The molecule has 9 nitrogen and oxygen atoms in total. The van der Waals surface area contributed by atoms with Gasteiger partial charge in [-0.05, 0) is 47.4 Å². The van der Waals surface area contributed by atoms with Crippen molar-refractivity contribution in [2.75, 3.05) is 11.9 Å². The summed E-state index contributed by atoms with van der Waals surface area (Å²) in [4.78, 5) is 24.0. The zero-order chi connectivity index (χ0) is 19.6. The Morgan fingerprint density at radius 1 is 1.37 bits per heavy atom. The standard InChI is InChI=1S/C17H22ClN7O2/c1-9(2)15(19)17(27)20-8-14(26)21-11-5-6-12(18)13(7-11)25-16(10-3-4-10)22-23-24-25/h5-7,9-10,15H,3-4,8,19H2,1-2H3,(H,20,27)(H,21,26)/t15-/m0/s1. The molecule has 1 aliphatic carbocycles. The number of rotatable bonds is 7. The molecule has 0 saturated heterocycles. The first kappa shape index (κ1) is 19.2. The number of carbonyl (C=O) groups is 2. The third-order valence-electron chi connectivity index (χ3n) is 4.34. The van der Waals surface area contributed by atoms with Crippen LogP contribution in [0.25, 0.3) is 5.69 Å². The number of halogens is 1. The fourth-order valence-electron chi connectivity index (χ4n) is 2.51. The normalized spacial score (nSPS) is 14.9. The van der Waals surface area contributed by atoms with Gasteiger partial charge in [0.15, 0.2) is 5.82 Å². The zero-order valence-corrected chi connectivity index (χ0v) is 15.9. The van der Waals surface area contributed by atoms with E-state index in [0.29, 0.717) is 22.3 Å². The van der Waals surface area contributed by atoms with Crippen molar-refractivity contribution in [3.63, 3.8) is 0 Å². The highest BCUT2D eigenvalue weighted by atomic mass is 35.5. The number of carbonyl (C=O) groups excluding carboxylic acids is 2. The molecule has 1 aliphatic rings. The lowest BCUT2D eigenvalue weighted by Crippen LogP contribution is -2.46. The summed E-state index contributed by atoms with van der Waals surface area (Å²) in [5.41, 5.74) is 6.87. The minimum absolute atomic E-state index is 0.0103. The fourth-order valence-corrected chi connectivity index (χ4v) is 2.71. The number of tetrazole rings is 1. The number of benzene rings is 1. The smallest absolute Gasteiger partial charge is 0.243 e. The molecule has 1 saturated carbocycles. The van der Waals surface area contributed by atoms with Crippen molar-refractivity contribution >= 4 is 29.1 Å². The van der Waals surface area contributed by atoms with Crippen LogP contribution in [0.2, 0.25) is 5.02 Å². The molecule has 10 heteroatoms. The first-order valence-electron chi connectivity index (χ1n) is 8.78. The van der Waals surface area contributed by atoms with E-state index in [1.165, 1.54) is 0 Å². The summed E-state index contributed by atoms with van der Waals surface area (Å²) in [6, 6.07) is 4.38. The van der Waals surface area contributed by atoms with Gasteiger partial charge < -0.3 is 16.4 Å². The summed E-state index contributed by atoms with van der Waals surface area (Å²) in [5, 5.41) is 17.5. The van der Waals surface area contributed by atoms with Crippen LogP contribution >= 0.6 is 11.6 Å². The van der Waals surface area contributed by atoms with E-state index in [2.05, 4.69) is 26.2 Å². The maximum absolute atomic E-state index is 12.1. The van der Waals surface area contributed by atoms with E-state index in [1.54, 1.807) is 22.9 Å². The molecule has 2 aromatic rings. The highest BCUT2D eigenvalue weighted by Crippen LogP contribution is 2.39. The van der Waals surface area contributed by atoms with Gasteiger partial charge in [-0.25, -0.2) is 0 Å². The van der Waals surface area contributed by atoms with Gasteiger partial charge in [-0.2, -0.15) is 4.68 Å². The fraction of sp³-hybridized carbons (Fsp3) is 0.471. The quantitative estimate of drug-likeness (QED) is 0.651. The first-order chi connectivity index (χ1) is 12.9. The third kappa shape index (κ3) is 4.61. The van der Waals surface area contributed by atoms with Crippen LogP contribution in [0, 0.1) is 5.92 Å². The Kier molecular flexibility index (Phi) is 5.71. The molecule has 0 bridgehead atoms. The molecule has 0 radical (unpaired) electrons. The maximum atomic E-state index is 12.1. The molecule has 144 valence electrons. The second kappa shape index (κ2) is 8.01. The van der Waals surface area contributed by atoms with Gasteiger partial charge in [0.05, 0.1) is 23.3 Å². The van der Waals surface area contributed by atoms with Crippen molar-refractivity contribution in [3.05, 3.63) is 29.0 Å². The molecule has 3 rings (SSSR count). The van der Waals surface area contributed by atoms with Crippen molar-refractivity contribution in [1.29, 1.82) is 0 Å². The van der Waals surface area contributed by atoms with E-state index in [9.17, 15) is 9.59 Å². The average Bonchev–Trinajstić information content (AvgIpc) is 3.37. The minimum Gasteiger partial charge on any atom is -0.346 e. The molecule has 1 fully saturated rings. The highest BCUT2D eigenvalue weighted by Gasteiger charge is 2.30. The molecule has 0 unspecified atom stereocenters. The van der Waals surface area contributed by atoms with Gasteiger partial charge in [-0.1, -0.05) is 25.4 Å².